The van der Waals surface area contributed by atoms with Gasteiger partial charge in [-0.3, -0.25) is 4.79 Å². The van der Waals surface area contributed by atoms with Crippen LogP contribution in [0.1, 0.15) is 36.5 Å². The van der Waals surface area contributed by atoms with E-state index in [9.17, 15) is 4.79 Å². The minimum Gasteiger partial charge on any atom is -0.375 e. The minimum absolute atomic E-state index is 0.0565. The van der Waals surface area contributed by atoms with Crippen molar-refractivity contribution in [2.24, 2.45) is 0 Å². The van der Waals surface area contributed by atoms with Crippen LogP contribution in [-0.2, 0) is 9.53 Å². The second-order valence-electron chi connectivity index (χ2n) is 4.90. The van der Waals surface area contributed by atoms with Crippen molar-refractivity contribution >= 4 is 17.2 Å². The van der Waals surface area contributed by atoms with E-state index in [0.717, 1.165) is 17.5 Å². The fourth-order valence-corrected chi connectivity index (χ4v) is 3.07. The Balaban J connectivity index is 1.97. The fourth-order valence-electron chi connectivity index (χ4n) is 2.37. The summed E-state index contributed by atoms with van der Waals surface area (Å²) in [4.78, 5) is 12.4. The van der Waals surface area contributed by atoms with Crippen molar-refractivity contribution in [3.63, 3.8) is 0 Å². The summed E-state index contributed by atoms with van der Waals surface area (Å²) in [7, 11) is 1.67. The Morgan fingerprint density at radius 1 is 1.24 bits per heavy atom. The number of hydrogen-bond acceptors (Lipinski definition) is 3. The molecule has 0 fully saturated rings. The van der Waals surface area contributed by atoms with E-state index in [1.54, 1.807) is 18.4 Å². The maximum atomic E-state index is 12.4. The minimum atomic E-state index is -0.105. The van der Waals surface area contributed by atoms with Crippen molar-refractivity contribution in [2.45, 2.75) is 25.4 Å². The summed E-state index contributed by atoms with van der Waals surface area (Å²) in [6.45, 7) is 2.53. The van der Waals surface area contributed by atoms with Crippen LogP contribution in [0, 0.1) is 0 Å². The molecule has 0 saturated carbocycles. The van der Waals surface area contributed by atoms with Crippen LogP contribution in [0.25, 0.3) is 0 Å². The van der Waals surface area contributed by atoms with E-state index in [4.69, 9.17) is 4.74 Å². The summed E-state index contributed by atoms with van der Waals surface area (Å²) in [5.41, 5.74) is 2.16. The van der Waals surface area contributed by atoms with E-state index in [-0.39, 0.29) is 17.9 Å². The van der Waals surface area contributed by atoms with Crippen LogP contribution >= 0.6 is 11.3 Å². The maximum Gasteiger partial charge on any atom is 0.227 e. The van der Waals surface area contributed by atoms with Crippen LogP contribution in [0.3, 0.4) is 0 Å². The zero-order valence-corrected chi connectivity index (χ0v) is 13.2. The monoisotopic (exact) mass is 303 g/mol. The molecule has 1 N–H and O–H groups in total. The summed E-state index contributed by atoms with van der Waals surface area (Å²) >= 11 is 1.63. The van der Waals surface area contributed by atoms with E-state index in [1.165, 1.54) is 0 Å². The number of benzene rings is 1. The molecule has 0 radical (unpaired) electrons. The lowest BCUT2D eigenvalue weighted by atomic mass is 9.95. The summed E-state index contributed by atoms with van der Waals surface area (Å²) in [6.07, 6.45) is 0.694. The summed E-state index contributed by atoms with van der Waals surface area (Å²) in [5, 5.41) is 7.08. The Hall–Kier alpha value is -1.65. The van der Waals surface area contributed by atoms with Gasteiger partial charge >= 0.3 is 0 Å². The smallest absolute Gasteiger partial charge is 0.227 e. The number of carbonyl (C=O) groups excluding carboxylic acids is 1. The second-order valence-corrected chi connectivity index (χ2v) is 5.68. The van der Waals surface area contributed by atoms with Crippen LogP contribution in [0.2, 0.25) is 0 Å². The van der Waals surface area contributed by atoms with Gasteiger partial charge in [0.1, 0.15) is 6.10 Å². The second kappa shape index (κ2) is 7.96. The summed E-state index contributed by atoms with van der Waals surface area (Å²) in [6, 6.07) is 11.9. The van der Waals surface area contributed by atoms with Crippen molar-refractivity contribution in [2.75, 3.05) is 13.7 Å². The van der Waals surface area contributed by atoms with Crippen LogP contribution in [-0.4, -0.2) is 19.6 Å². The molecule has 2 atom stereocenters. The molecule has 112 valence electrons. The van der Waals surface area contributed by atoms with Gasteiger partial charge in [-0.1, -0.05) is 37.3 Å². The third kappa shape index (κ3) is 4.16. The van der Waals surface area contributed by atoms with E-state index in [0.29, 0.717) is 6.54 Å². The van der Waals surface area contributed by atoms with Gasteiger partial charge in [0.05, 0.1) is 5.92 Å². The average Bonchev–Trinajstić information content (AvgIpc) is 3.04. The van der Waals surface area contributed by atoms with Crippen LogP contribution in [0.4, 0.5) is 0 Å². The summed E-state index contributed by atoms with van der Waals surface area (Å²) < 4.78 is 5.46. The molecule has 1 heterocycles. The largest absolute Gasteiger partial charge is 0.375 e. The maximum absolute atomic E-state index is 12.4. The molecule has 1 amide bonds. The van der Waals surface area contributed by atoms with Gasteiger partial charge in [0.25, 0.3) is 0 Å². The zero-order valence-electron chi connectivity index (χ0n) is 12.4. The zero-order chi connectivity index (χ0) is 15.1. The Morgan fingerprint density at radius 3 is 2.57 bits per heavy atom. The average molecular weight is 303 g/mol. The molecule has 21 heavy (non-hydrogen) atoms. The third-order valence-electron chi connectivity index (χ3n) is 3.59. The molecule has 1 aromatic carbocycles. The van der Waals surface area contributed by atoms with Crippen molar-refractivity contribution in [1.29, 1.82) is 0 Å². The van der Waals surface area contributed by atoms with Gasteiger partial charge in [-0.15, -0.1) is 0 Å². The highest BCUT2D eigenvalue weighted by Gasteiger charge is 2.20. The number of thiophene rings is 1. The van der Waals surface area contributed by atoms with Gasteiger partial charge in [-0.25, -0.2) is 0 Å². The SMILES string of the molecule is CC[C@H](C(=O)NC[C@@H](OC)c1ccsc1)c1ccccc1. The molecule has 1 aromatic heterocycles. The molecular weight excluding hydrogens is 282 g/mol. The molecule has 4 heteroatoms. The normalized spacial score (nSPS) is 13.6. The number of nitrogens with one attached hydrogen (secondary N) is 1. The van der Waals surface area contributed by atoms with E-state index in [2.05, 4.69) is 10.7 Å². The number of hydrogen-bond donors (Lipinski definition) is 1. The number of amides is 1. The van der Waals surface area contributed by atoms with Crippen molar-refractivity contribution in [3.8, 4) is 0 Å². The number of carbonyl (C=O) groups is 1. The first-order chi connectivity index (χ1) is 10.3. The van der Waals surface area contributed by atoms with Gasteiger partial charge < -0.3 is 10.1 Å². The van der Waals surface area contributed by atoms with E-state index >= 15 is 0 Å². The topological polar surface area (TPSA) is 38.3 Å². The molecule has 2 rings (SSSR count). The van der Waals surface area contributed by atoms with Crippen LogP contribution in [0.5, 0.6) is 0 Å². The number of rotatable bonds is 7. The number of methoxy groups -OCH3 is 1. The molecule has 2 aromatic rings. The summed E-state index contributed by atoms with van der Waals surface area (Å²) in [5.74, 6) is -0.0489. The quantitative estimate of drug-likeness (QED) is 0.846. The standard InChI is InChI=1S/C17H21NO2S/c1-3-15(13-7-5-4-6-8-13)17(19)18-11-16(20-2)14-9-10-21-12-14/h4-10,12,15-16H,3,11H2,1-2H3,(H,18,19)/t15-,16+/m0/s1. The molecule has 0 unspecified atom stereocenters. The van der Waals surface area contributed by atoms with Gasteiger partial charge in [-0.05, 0) is 34.4 Å². The molecule has 0 spiro atoms. The van der Waals surface area contributed by atoms with Crippen molar-refractivity contribution in [1.82, 2.24) is 5.32 Å². The fraction of sp³-hybridized carbons (Fsp3) is 0.353. The lowest BCUT2D eigenvalue weighted by Gasteiger charge is -2.19. The first-order valence-electron chi connectivity index (χ1n) is 7.13. The van der Waals surface area contributed by atoms with Crippen molar-refractivity contribution < 1.29 is 9.53 Å². The molecule has 0 saturated heterocycles. The molecule has 0 bridgehead atoms. The highest BCUT2D eigenvalue weighted by Crippen LogP contribution is 2.21. The molecule has 3 nitrogen and oxygen atoms in total. The lowest BCUT2D eigenvalue weighted by molar-refractivity contribution is -0.123. The third-order valence-corrected chi connectivity index (χ3v) is 4.29. The predicted octanol–water partition coefficient (Wildman–Crippen LogP) is 3.75. The number of ether oxygens (including phenoxy) is 1. The molecule has 0 aliphatic rings. The van der Waals surface area contributed by atoms with E-state index in [1.807, 2.05) is 48.7 Å². The van der Waals surface area contributed by atoms with Gasteiger partial charge in [0.2, 0.25) is 5.91 Å². The van der Waals surface area contributed by atoms with E-state index < -0.39 is 0 Å². The Bertz CT molecular complexity index is 539. The Kier molecular flexibility index (Phi) is 5.96. The lowest BCUT2D eigenvalue weighted by Crippen LogP contribution is -2.33. The first-order valence-corrected chi connectivity index (χ1v) is 8.08. The van der Waals surface area contributed by atoms with Crippen LogP contribution in [0.15, 0.2) is 47.2 Å². The first kappa shape index (κ1) is 15.7. The molecule has 0 aliphatic carbocycles. The predicted molar refractivity (Wildman–Crippen MR) is 86.6 cm³/mol. The highest BCUT2D eigenvalue weighted by molar-refractivity contribution is 7.07. The highest BCUT2D eigenvalue weighted by atomic mass is 32.1. The van der Waals surface area contributed by atoms with Gasteiger partial charge in [0.15, 0.2) is 0 Å². The molecule has 0 aliphatic heterocycles. The van der Waals surface area contributed by atoms with Gasteiger partial charge in [-0.2, -0.15) is 11.3 Å². The van der Waals surface area contributed by atoms with Crippen LogP contribution < -0.4 is 5.32 Å². The van der Waals surface area contributed by atoms with Gasteiger partial charge in [0, 0.05) is 13.7 Å². The molecular formula is C17H21NO2S. The Labute approximate surface area is 130 Å². The Morgan fingerprint density at radius 2 is 2.00 bits per heavy atom. The van der Waals surface area contributed by atoms with Crippen molar-refractivity contribution in [3.05, 3.63) is 58.3 Å².